The van der Waals surface area contributed by atoms with Gasteiger partial charge in [-0.25, -0.2) is 0 Å². The van der Waals surface area contributed by atoms with Gasteiger partial charge in [0.05, 0.1) is 28.7 Å². The van der Waals surface area contributed by atoms with Crippen LogP contribution < -0.4 is 15.1 Å². The number of hydrogen-bond donors (Lipinski definition) is 1. The highest BCUT2D eigenvalue weighted by Gasteiger charge is 2.31. The molecule has 1 amide bonds. The van der Waals surface area contributed by atoms with E-state index in [0.29, 0.717) is 23.7 Å². The van der Waals surface area contributed by atoms with Crippen LogP contribution in [0.15, 0.2) is 54.7 Å². The fourth-order valence-corrected chi connectivity index (χ4v) is 4.70. The first-order chi connectivity index (χ1) is 15.4. The maximum atomic E-state index is 13.6. The van der Waals surface area contributed by atoms with E-state index in [0.717, 1.165) is 42.1 Å². The van der Waals surface area contributed by atoms with Gasteiger partial charge < -0.3 is 20.0 Å². The number of hydrogen-bond acceptors (Lipinski definition) is 5. The van der Waals surface area contributed by atoms with Crippen molar-refractivity contribution in [2.75, 3.05) is 36.5 Å². The second-order valence-electron chi connectivity index (χ2n) is 8.45. The van der Waals surface area contributed by atoms with Crippen LogP contribution in [0, 0.1) is 11.3 Å². The van der Waals surface area contributed by atoms with Crippen LogP contribution >= 0.6 is 11.6 Å². The van der Waals surface area contributed by atoms with Gasteiger partial charge in [-0.2, -0.15) is 5.26 Å². The number of nitrogens with one attached hydrogen (secondary N) is 1. The number of likely N-dealkylation sites (tertiary alicyclic amines) is 1. The molecule has 4 rings (SSSR count). The molecule has 0 aromatic heterocycles. The monoisotopic (exact) mass is 449 g/mol. The van der Waals surface area contributed by atoms with Crippen molar-refractivity contribution in [2.45, 2.75) is 31.8 Å². The molecule has 2 aliphatic rings. The van der Waals surface area contributed by atoms with Gasteiger partial charge in [-0.05, 0) is 50.1 Å². The van der Waals surface area contributed by atoms with Crippen molar-refractivity contribution in [3.05, 3.63) is 65.3 Å². The maximum Gasteiger partial charge on any atom is 0.260 e. The van der Waals surface area contributed by atoms with E-state index in [-0.39, 0.29) is 18.0 Å². The quantitative estimate of drug-likeness (QED) is 0.701. The molecule has 166 valence electrons. The summed E-state index contributed by atoms with van der Waals surface area (Å²) in [5.74, 6) is -0.0733. The molecule has 1 fully saturated rings. The maximum absolute atomic E-state index is 13.6. The second kappa shape index (κ2) is 9.23. The zero-order valence-corrected chi connectivity index (χ0v) is 19.3. The largest absolute Gasteiger partial charge is 0.358 e. The Morgan fingerprint density at radius 1 is 1.28 bits per heavy atom. The van der Waals surface area contributed by atoms with Crippen molar-refractivity contribution < 1.29 is 4.79 Å². The lowest BCUT2D eigenvalue weighted by molar-refractivity contribution is 0.0986. The van der Waals surface area contributed by atoms with Crippen molar-refractivity contribution in [2.24, 2.45) is 0 Å². The van der Waals surface area contributed by atoms with Crippen molar-refractivity contribution >= 4 is 34.6 Å². The summed E-state index contributed by atoms with van der Waals surface area (Å²) in [5, 5.41) is 13.4. The van der Waals surface area contributed by atoms with E-state index in [1.807, 2.05) is 53.2 Å². The smallest absolute Gasteiger partial charge is 0.260 e. The van der Waals surface area contributed by atoms with Crippen LogP contribution in [-0.2, 0) is 0 Å². The lowest BCUT2D eigenvalue weighted by Crippen LogP contribution is -2.44. The van der Waals surface area contributed by atoms with Crippen LogP contribution in [0.25, 0.3) is 0 Å². The van der Waals surface area contributed by atoms with Gasteiger partial charge in [-0.3, -0.25) is 4.79 Å². The first kappa shape index (κ1) is 22.2. The minimum atomic E-state index is -0.0875. The molecule has 2 atom stereocenters. The van der Waals surface area contributed by atoms with Crippen LogP contribution in [0.4, 0.5) is 17.1 Å². The first-order valence-corrected chi connectivity index (χ1v) is 11.3. The van der Waals surface area contributed by atoms with Gasteiger partial charge in [-0.1, -0.05) is 30.3 Å². The van der Waals surface area contributed by atoms with Gasteiger partial charge in [0.1, 0.15) is 6.04 Å². The molecule has 1 unspecified atom stereocenters. The van der Waals surface area contributed by atoms with Gasteiger partial charge in [0, 0.05) is 43.4 Å². The van der Waals surface area contributed by atoms with E-state index < -0.39 is 0 Å². The third-order valence-corrected chi connectivity index (χ3v) is 6.48. The average Bonchev–Trinajstić information content (AvgIpc) is 3.26. The molecular formula is C25H28ClN5O. The Morgan fingerprint density at radius 3 is 2.78 bits per heavy atom. The molecule has 2 aromatic carbocycles. The molecule has 0 aliphatic carbocycles. The molecule has 32 heavy (non-hydrogen) atoms. The van der Waals surface area contributed by atoms with Crippen LogP contribution in [0.3, 0.4) is 0 Å². The molecule has 0 saturated carbocycles. The van der Waals surface area contributed by atoms with Crippen molar-refractivity contribution in [1.82, 2.24) is 10.2 Å². The normalized spacial score (nSPS) is 18.6. The highest BCUT2D eigenvalue weighted by molar-refractivity contribution is 6.31. The third-order valence-electron chi connectivity index (χ3n) is 6.25. The van der Waals surface area contributed by atoms with E-state index in [4.69, 9.17) is 11.6 Å². The minimum Gasteiger partial charge on any atom is -0.358 e. The lowest BCUT2D eigenvalue weighted by Gasteiger charge is -2.29. The van der Waals surface area contributed by atoms with Crippen LogP contribution in [0.5, 0.6) is 0 Å². The summed E-state index contributed by atoms with van der Waals surface area (Å²) in [6.07, 6.45) is 1.90. The molecule has 6 nitrogen and oxygen atoms in total. The molecule has 0 bridgehead atoms. The number of anilines is 3. The summed E-state index contributed by atoms with van der Waals surface area (Å²) in [4.78, 5) is 19.6. The Bertz CT molecular complexity index is 1080. The number of rotatable bonds is 6. The molecule has 0 spiro atoms. The minimum absolute atomic E-state index is 0.0120. The van der Waals surface area contributed by atoms with E-state index >= 15 is 0 Å². The number of nitriles is 1. The topological polar surface area (TPSA) is 62.6 Å². The number of fused-ring (bicyclic) bond motifs is 2. The Morgan fingerprint density at radius 2 is 2.03 bits per heavy atom. The third kappa shape index (κ3) is 4.19. The van der Waals surface area contributed by atoms with Gasteiger partial charge >= 0.3 is 0 Å². The van der Waals surface area contributed by atoms with Crippen molar-refractivity contribution in [3.63, 3.8) is 0 Å². The summed E-state index contributed by atoms with van der Waals surface area (Å²) < 4.78 is 0. The van der Waals surface area contributed by atoms with Crippen LogP contribution in [-0.4, -0.2) is 49.6 Å². The zero-order valence-electron chi connectivity index (χ0n) is 18.5. The summed E-state index contributed by atoms with van der Waals surface area (Å²) in [6, 6.07) is 15.7. The number of carbonyl (C=O) groups excluding carboxylic acids is 1. The number of para-hydroxylation sites is 2. The number of amides is 1. The highest BCUT2D eigenvalue weighted by atomic mass is 35.5. The summed E-state index contributed by atoms with van der Waals surface area (Å²) in [7, 11) is 1.97. The zero-order chi connectivity index (χ0) is 22.8. The lowest BCUT2D eigenvalue weighted by atomic mass is 10.1. The Balaban J connectivity index is 1.54. The molecule has 2 heterocycles. The number of benzene rings is 2. The Hall–Kier alpha value is -3.01. The van der Waals surface area contributed by atoms with Crippen molar-refractivity contribution in [1.29, 1.82) is 5.26 Å². The van der Waals surface area contributed by atoms with E-state index in [1.165, 1.54) is 0 Å². The SMILES string of the molecule is C=C(CN[C@@H](C)CN1C(=O)c2cc(Cl)ccc2N(C)c2ccccc21)N1CCCC1C#N. The van der Waals surface area contributed by atoms with E-state index in [9.17, 15) is 10.1 Å². The number of carbonyl (C=O) groups is 1. The van der Waals surface area contributed by atoms with Crippen LogP contribution in [0.2, 0.25) is 5.02 Å². The van der Waals surface area contributed by atoms with Crippen LogP contribution in [0.1, 0.15) is 30.1 Å². The van der Waals surface area contributed by atoms with E-state index in [1.54, 1.807) is 6.07 Å². The predicted octanol–water partition coefficient (Wildman–Crippen LogP) is 4.55. The molecule has 2 aromatic rings. The molecule has 1 N–H and O–H groups in total. The van der Waals surface area contributed by atoms with Gasteiger partial charge in [-0.15, -0.1) is 0 Å². The summed E-state index contributed by atoms with van der Waals surface area (Å²) >= 11 is 6.24. The summed E-state index contributed by atoms with van der Waals surface area (Å²) in [6.45, 7) is 8.17. The summed E-state index contributed by atoms with van der Waals surface area (Å²) in [5.41, 5.74) is 4.17. The van der Waals surface area contributed by atoms with Gasteiger partial charge in [0.15, 0.2) is 0 Å². The van der Waals surface area contributed by atoms with Gasteiger partial charge in [0.25, 0.3) is 5.91 Å². The fourth-order valence-electron chi connectivity index (χ4n) is 4.53. The average molecular weight is 450 g/mol. The highest BCUT2D eigenvalue weighted by Crippen LogP contribution is 2.40. The Kier molecular flexibility index (Phi) is 6.40. The van der Waals surface area contributed by atoms with E-state index in [2.05, 4.69) is 29.8 Å². The fraction of sp³-hybridized carbons (Fsp3) is 0.360. The first-order valence-electron chi connectivity index (χ1n) is 10.9. The van der Waals surface area contributed by atoms with Gasteiger partial charge in [0.2, 0.25) is 0 Å². The molecule has 7 heteroatoms. The predicted molar refractivity (Wildman–Crippen MR) is 130 cm³/mol. The number of nitrogens with zero attached hydrogens (tertiary/aromatic N) is 4. The second-order valence-corrected chi connectivity index (χ2v) is 8.89. The molecule has 0 radical (unpaired) electrons. The number of halogens is 1. The standard InChI is InChI=1S/C25H28ClN5O/c1-17(28-15-18(2)30-12-6-7-20(30)14-27)16-31-24-9-5-4-8-23(24)29(3)22-11-10-19(26)13-21(22)25(31)32/h4-5,8-11,13,17,20,28H,2,6-7,12,15-16H2,1,3H3/t17-,20?/m0/s1. The molecular weight excluding hydrogens is 422 g/mol. The van der Waals surface area contributed by atoms with Crippen molar-refractivity contribution in [3.8, 4) is 6.07 Å². The molecule has 1 saturated heterocycles. The Labute approximate surface area is 194 Å². The molecule has 2 aliphatic heterocycles.